The van der Waals surface area contributed by atoms with Crippen molar-refractivity contribution in [1.29, 1.82) is 0 Å². The molecule has 6 nitrogen and oxygen atoms in total. The smallest absolute Gasteiger partial charge is 0.305 e. The van der Waals surface area contributed by atoms with Gasteiger partial charge in [-0.2, -0.15) is 0 Å². The Morgan fingerprint density at radius 2 is 0.540 bits per heavy atom. The fraction of sp³-hybridized carbons (Fsp3) is 0.951. The maximum atomic E-state index is 12.6. The van der Waals surface area contributed by atoms with Crippen LogP contribution in [0, 0.1) is 0 Å². The molecule has 0 aromatic rings. The summed E-state index contributed by atoms with van der Waals surface area (Å²) in [4.78, 5) is 24.6. The van der Waals surface area contributed by atoms with Gasteiger partial charge in [-0.1, -0.05) is 418 Å². The Bertz CT molecular complexity index is 1320. The monoisotopic (exact) mass is 1230 g/mol. The zero-order valence-electron chi connectivity index (χ0n) is 59.5. The molecule has 2 atom stereocenters. The van der Waals surface area contributed by atoms with E-state index in [0.717, 1.165) is 38.5 Å². The first-order valence-electron chi connectivity index (χ1n) is 40.4. The van der Waals surface area contributed by atoms with Crippen molar-refractivity contribution in [1.82, 2.24) is 5.32 Å². The first-order valence-corrected chi connectivity index (χ1v) is 40.4. The third-order valence-electron chi connectivity index (χ3n) is 19.3. The lowest BCUT2D eigenvalue weighted by atomic mass is 10.0. The van der Waals surface area contributed by atoms with Crippen molar-refractivity contribution in [2.75, 3.05) is 13.2 Å². The van der Waals surface area contributed by atoms with E-state index in [4.69, 9.17) is 4.74 Å². The number of unbranched alkanes of at least 4 members (excludes halogenated alkanes) is 64. The van der Waals surface area contributed by atoms with E-state index < -0.39 is 12.1 Å². The summed E-state index contributed by atoms with van der Waals surface area (Å²) in [7, 11) is 0. The number of carbonyl (C=O) groups is 2. The van der Waals surface area contributed by atoms with Gasteiger partial charge in [0.25, 0.3) is 0 Å². The van der Waals surface area contributed by atoms with Gasteiger partial charge in [0.1, 0.15) is 0 Å². The van der Waals surface area contributed by atoms with Gasteiger partial charge in [-0.3, -0.25) is 9.59 Å². The zero-order chi connectivity index (χ0) is 62.8. The molecule has 0 radical (unpaired) electrons. The number of carbonyl (C=O) groups excluding carboxylic acids is 2. The SMILES string of the molecule is CCCCCCCCCCCCCCCCCCCCCCCC(O)C(CO)NC(=O)CCCCCCCCCCCCCCCCCCC/C=C\CCCCCCCCCCCCCCCCOC(=O)CCCCCCCCCCCCCCCC. The Labute approximate surface area is 546 Å². The van der Waals surface area contributed by atoms with Gasteiger partial charge in [-0.25, -0.2) is 0 Å². The van der Waals surface area contributed by atoms with Gasteiger partial charge in [0, 0.05) is 12.8 Å². The second-order valence-corrected chi connectivity index (χ2v) is 28.1. The van der Waals surface area contributed by atoms with Crippen LogP contribution in [0.3, 0.4) is 0 Å². The fourth-order valence-electron chi connectivity index (χ4n) is 13.2. The summed E-state index contributed by atoms with van der Waals surface area (Å²) in [6.45, 7) is 5.01. The second-order valence-electron chi connectivity index (χ2n) is 28.1. The third-order valence-corrected chi connectivity index (χ3v) is 19.3. The predicted octanol–water partition coefficient (Wildman–Crippen LogP) is 26.7. The number of rotatable bonds is 77. The van der Waals surface area contributed by atoms with E-state index >= 15 is 0 Å². The van der Waals surface area contributed by atoms with Crippen LogP contribution in [0.2, 0.25) is 0 Å². The number of esters is 1. The molecule has 0 saturated carbocycles. The van der Waals surface area contributed by atoms with E-state index in [2.05, 4.69) is 31.3 Å². The molecule has 0 aromatic heterocycles. The van der Waals surface area contributed by atoms with Crippen molar-refractivity contribution in [3.63, 3.8) is 0 Å². The van der Waals surface area contributed by atoms with Crippen LogP contribution in [0.25, 0.3) is 0 Å². The molecule has 2 unspecified atom stereocenters. The Hall–Kier alpha value is -1.40. The number of amides is 1. The minimum atomic E-state index is -0.662. The van der Waals surface area contributed by atoms with E-state index in [1.165, 1.54) is 398 Å². The van der Waals surface area contributed by atoms with E-state index in [9.17, 15) is 19.8 Å². The average molecular weight is 1230 g/mol. The number of ether oxygens (including phenoxy) is 1. The number of nitrogens with one attached hydrogen (secondary N) is 1. The summed E-state index contributed by atoms with van der Waals surface area (Å²) in [6.07, 6.45) is 97.4. The van der Waals surface area contributed by atoms with Crippen LogP contribution in [0.1, 0.15) is 470 Å². The molecule has 3 N–H and O–H groups in total. The number of hydrogen-bond donors (Lipinski definition) is 3. The molecule has 0 fully saturated rings. The van der Waals surface area contributed by atoms with Crippen LogP contribution in [0.4, 0.5) is 0 Å². The van der Waals surface area contributed by atoms with Crippen LogP contribution < -0.4 is 5.32 Å². The van der Waals surface area contributed by atoms with Gasteiger partial charge in [-0.05, 0) is 51.4 Å². The lowest BCUT2D eigenvalue weighted by Crippen LogP contribution is -2.45. The van der Waals surface area contributed by atoms with E-state index in [-0.39, 0.29) is 18.5 Å². The van der Waals surface area contributed by atoms with E-state index in [1.54, 1.807) is 0 Å². The molecule has 6 heteroatoms. The summed E-state index contributed by atoms with van der Waals surface area (Å²) >= 11 is 0. The molecule has 1 amide bonds. The number of hydrogen-bond acceptors (Lipinski definition) is 5. The van der Waals surface area contributed by atoms with Crippen LogP contribution >= 0.6 is 0 Å². The molecule has 87 heavy (non-hydrogen) atoms. The molecule has 0 aromatic carbocycles. The van der Waals surface area contributed by atoms with Crippen molar-refractivity contribution >= 4 is 11.9 Å². The van der Waals surface area contributed by atoms with Gasteiger partial charge in [0.15, 0.2) is 0 Å². The summed E-state index contributed by atoms with van der Waals surface area (Å²) in [5, 5.41) is 23.5. The molecular formula is C81H159NO5. The van der Waals surface area contributed by atoms with E-state index in [1.807, 2.05) is 0 Å². The van der Waals surface area contributed by atoms with Crippen molar-refractivity contribution in [3.8, 4) is 0 Å². The molecule has 0 saturated heterocycles. The highest BCUT2D eigenvalue weighted by Crippen LogP contribution is 2.20. The molecule has 0 rings (SSSR count). The Morgan fingerprint density at radius 1 is 0.310 bits per heavy atom. The first-order chi connectivity index (χ1) is 43.0. The summed E-state index contributed by atoms with van der Waals surface area (Å²) < 4.78 is 5.50. The lowest BCUT2D eigenvalue weighted by Gasteiger charge is -2.22. The lowest BCUT2D eigenvalue weighted by molar-refractivity contribution is -0.143. The van der Waals surface area contributed by atoms with Crippen LogP contribution in [0.15, 0.2) is 12.2 Å². The van der Waals surface area contributed by atoms with Crippen molar-refractivity contribution < 1.29 is 24.5 Å². The fourth-order valence-corrected chi connectivity index (χ4v) is 13.2. The molecule has 0 bridgehead atoms. The molecule has 0 heterocycles. The number of aliphatic hydroxyl groups excluding tert-OH is 2. The topological polar surface area (TPSA) is 95.9 Å². The number of aliphatic hydroxyl groups is 2. The second kappa shape index (κ2) is 77.1. The van der Waals surface area contributed by atoms with Gasteiger partial charge >= 0.3 is 5.97 Å². The summed E-state index contributed by atoms with van der Waals surface area (Å²) in [5.41, 5.74) is 0. The largest absolute Gasteiger partial charge is 0.466 e. The zero-order valence-corrected chi connectivity index (χ0v) is 59.5. The van der Waals surface area contributed by atoms with Crippen molar-refractivity contribution in [3.05, 3.63) is 12.2 Å². The van der Waals surface area contributed by atoms with Gasteiger partial charge in [0.05, 0.1) is 25.4 Å². The van der Waals surface area contributed by atoms with Gasteiger partial charge in [-0.15, -0.1) is 0 Å². The maximum absolute atomic E-state index is 12.6. The average Bonchev–Trinajstić information content (AvgIpc) is 3.53. The summed E-state index contributed by atoms with van der Waals surface area (Å²) in [5.74, 6) is -0.00189. The Morgan fingerprint density at radius 3 is 0.816 bits per heavy atom. The highest BCUT2D eigenvalue weighted by atomic mass is 16.5. The van der Waals surface area contributed by atoms with Gasteiger partial charge in [0.2, 0.25) is 5.91 Å². The molecule has 518 valence electrons. The molecular weight excluding hydrogens is 1070 g/mol. The Balaban J connectivity index is 3.33. The van der Waals surface area contributed by atoms with Crippen LogP contribution in [-0.4, -0.2) is 47.4 Å². The first kappa shape index (κ1) is 85.6. The minimum Gasteiger partial charge on any atom is -0.466 e. The van der Waals surface area contributed by atoms with E-state index in [0.29, 0.717) is 25.9 Å². The third kappa shape index (κ3) is 73.5. The standard InChI is InChI=1S/C81H159NO5/c1-3-5-7-9-11-13-15-17-19-20-21-37-40-43-46-49-53-57-61-65-69-73-79(84)78(77-83)82-80(85)74-70-66-62-58-54-50-47-44-41-38-35-33-31-29-27-25-23-22-24-26-28-30-32-34-36-39-42-45-48-52-56-60-64-68-72-76-87-81(86)75-71-67-63-59-55-51-18-16-14-12-10-8-6-4-2/h24,26,78-79,83-84H,3-23,25,27-77H2,1-2H3,(H,82,85)/b26-24-. The van der Waals surface area contributed by atoms with Crippen molar-refractivity contribution in [2.45, 2.75) is 482 Å². The van der Waals surface area contributed by atoms with Gasteiger partial charge < -0.3 is 20.3 Å². The van der Waals surface area contributed by atoms with Crippen LogP contribution in [-0.2, 0) is 14.3 Å². The maximum Gasteiger partial charge on any atom is 0.305 e. The molecule has 0 spiro atoms. The normalized spacial score (nSPS) is 12.5. The number of allylic oxidation sites excluding steroid dienone is 2. The Kier molecular flexibility index (Phi) is 75.8. The molecule has 0 aliphatic rings. The molecule has 0 aliphatic carbocycles. The summed E-state index contributed by atoms with van der Waals surface area (Å²) in [6, 6.07) is -0.539. The van der Waals surface area contributed by atoms with Crippen molar-refractivity contribution in [2.24, 2.45) is 0 Å². The predicted molar refractivity (Wildman–Crippen MR) is 384 cm³/mol. The van der Waals surface area contributed by atoms with Crippen LogP contribution in [0.5, 0.6) is 0 Å². The molecule has 0 aliphatic heterocycles. The quantitative estimate of drug-likeness (QED) is 0.0320. The minimum absolute atomic E-state index is 0.0237. The highest BCUT2D eigenvalue weighted by Gasteiger charge is 2.20. The highest BCUT2D eigenvalue weighted by molar-refractivity contribution is 5.76.